The number of ketones is 1. The van der Waals surface area contributed by atoms with Gasteiger partial charge in [0.25, 0.3) is 17.2 Å². The maximum atomic E-state index is 11.4. The fourth-order valence-electron chi connectivity index (χ4n) is 1.38. The summed E-state index contributed by atoms with van der Waals surface area (Å²) in [5, 5.41) is 24.0. The smallest absolute Gasteiger partial charge is 0.325 e. The number of nitrogens with one attached hydrogen (secondary N) is 1. The van der Waals surface area contributed by atoms with E-state index in [1.54, 1.807) is 0 Å². The van der Waals surface area contributed by atoms with E-state index in [4.69, 9.17) is 5.53 Å². The number of hydrogen-bond donors (Lipinski definition) is 1. The van der Waals surface area contributed by atoms with Gasteiger partial charge in [-0.15, -0.1) is 0 Å². The minimum atomic E-state index is -0.897. The second-order valence-corrected chi connectivity index (χ2v) is 3.73. The minimum absolute atomic E-state index is 0.0483. The third kappa shape index (κ3) is 3.43. The van der Waals surface area contributed by atoms with Crippen molar-refractivity contribution in [3.05, 3.63) is 44.0 Å². The fourth-order valence-corrected chi connectivity index (χ4v) is 1.38. The highest BCUT2D eigenvalue weighted by Gasteiger charge is 2.22. The number of carbonyl (C=O) groups is 1. The van der Waals surface area contributed by atoms with Crippen LogP contribution in [0.25, 0.3) is 5.53 Å². The van der Waals surface area contributed by atoms with Gasteiger partial charge in [-0.05, 0) is 13.0 Å². The van der Waals surface area contributed by atoms with E-state index in [2.05, 4.69) is 10.1 Å². The number of rotatable bonds is 6. The lowest BCUT2D eigenvalue weighted by molar-refractivity contribution is -0.393. The maximum Gasteiger partial charge on any atom is 0.325 e. The standard InChI is InChI=1S/C10H9N5O5/c1-6(10(16)5-12-11)13-8-3-2-7(14(17)18)4-9(8)15(19)20/h2-6,13H,1H3/t6-/m0/s1. The van der Waals surface area contributed by atoms with Gasteiger partial charge >= 0.3 is 6.21 Å². The summed E-state index contributed by atoms with van der Waals surface area (Å²) in [7, 11) is 0. The largest absolute Gasteiger partial charge is 0.369 e. The summed E-state index contributed by atoms with van der Waals surface area (Å²) >= 11 is 0. The summed E-state index contributed by atoms with van der Waals surface area (Å²) in [6.45, 7) is 1.40. The summed E-state index contributed by atoms with van der Waals surface area (Å²) in [6.07, 6.45) is 0.648. The zero-order valence-electron chi connectivity index (χ0n) is 10.2. The molecule has 0 saturated heterocycles. The second kappa shape index (κ2) is 6.16. The maximum absolute atomic E-state index is 11.4. The Labute approximate surface area is 111 Å². The first-order valence-corrected chi connectivity index (χ1v) is 5.27. The molecule has 0 aliphatic heterocycles. The van der Waals surface area contributed by atoms with Crippen LogP contribution in [-0.2, 0) is 4.79 Å². The van der Waals surface area contributed by atoms with Crippen LogP contribution in [0.15, 0.2) is 18.2 Å². The summed E-state index contributed by atoms with van der Waals surface area (Å²) in [4.78, 5) is 33.8. The highest BCUT2D eigenvalue weighted by molar-refractivity contribution is 6.28. The molecular formula is C10H9N5O5. The van der Waals surface area contributed by atoms with Gasteiger partial charge in [0.2, 0.25) is 0 Å². The second-order valence-electron chi connectivity index (χ2n) is 3.73. The SMILES string of the molecule is C[C@H](Nc1ccc([N+](=O)[O-])cc1[N+](=O)[O-])C(=O)C=[N+]=[N-]. The minimum Gasteiger partial charge on any atom is -0.369 e. The van der Waals surface area contributed by atoms with Gasteiger partial charge in [0.1, 0.15) is 5.69 Å². The highest BCUT2D eigenvalue weighted by atomic mass is 16.6. The Hall–Kier alpha value is -3.13. The topological polar surface area (TPSA) is 152 Å². The molecule has 10 nitrogen and oxygen atoms in total. The van der Waals surface area contributed by atoms with Crippen LogP contribution < -0.4 is 5.32 Å². The normalized spacial score (nSPS) is 11.1. The number of Topliss-reactive ketones (excluding diaryl/α,β-unsaturated/α-hetero) is 1. The first kappa shape index (κ1) is 14.9. The lowest BCUT2D eigenvalue weighted by Gasteiger charge is -2.10. The number of benzene rings is 1. The predicted molar refractivity (Wildman–Crippen MR) is 67.5 cm³/mol. The zero-order chi connectivity index (χ0) is 15.3. The van der Waals surface area contributed by atoms with Gasteiger partial charge in [-0.1, -0.05) is 0 Å². The molecule has 1 aromatic carbocycles. The fraction of sp³-hybridized carbons (Fsp3) is 0.200. The number of carbonyl (C=O) groups excluding carboxylic acids is 1. The Kier molecular flexibility index (Phi) is 4.60. The Balaban J connectivity index is 3.12. The van der Waals surface area contributed by atoms with Crippen molar-refractivity contribution in [2.45, 2.75) is 13.0 Å². The Morgan fingerprint density at radius 2 is 2.05 bits per heavy atom. The van der Waals surface area contributed by atoms with Crippen molar-refractivity contribution < 1.29 is 19.4 Å². The van der Waals surface area contributed by atoms with Crippen LogP contribution in [0.3, 0.4) is 0 Å². The summed E-state index contributed by atoms with van der Waals surface area (Å²) < 4.78 is 0. The number of nitro groups is 2. The molecule has 0 fully saturated rings. The van der Waals surface area contributed by atoms with Crippen molar-refractivity contribution in [2.24, 2.45) is 0 Å². The van der Waals surface area contributed by atoms with Gasteiger partial charge in [0.05, 0.1) is 22.0 Å². The molecule has 1 aromatic rings. The first-order valence-electron chi connectivity index (χ1n) is 5.27. The molecule has 1 rings (SSSR count). The summed E-state index contributed by atoms with van der Waals surface area (Å²) in [5.74, 6) is -0.611. The average Bonchev–Trinajstić information content (AvgIpc) is 2.38. The van der Waals surface area contributed by atoms with Crippen LogP contribution in [0.4, 0.5) is 17.1 Å². The molecule has 0 radical (unpaired) electrons. The van der Waals surface area contributed by atoms with Crippen LogP contribution in [0.1, 0.15) is 6.92 Å². The lowest BCUT2D eigenvalue weighted by Crippen LogP contribution is -2.27. The monoisotopic (exact) mass is 279 g/mol. The zero-order valence-corrected chi connectivity index (χ0v) is 10.2. The number of nitro benzene ring substituents is 2. The van der Waals surface area contributed by atoms with Gasteiger partial charge in [-0.2, -0.15) is 4.79 Å². The highest BCUT2D eigenvalue weighted by Crippen LogP contribution is 2.29. The van der Waals surface area contributed by atoms with Crippen molar-refractivity contribution in [1.29, 1.82) is 0 Å². The van der Waals surface area contributed by atoms with E-state index in [1.807, 2.05) is 0 Å². The van der Waals surface area contributed by atoms with E-state index in [1.165, 1.54) is 6.92 Å². The Bertz CT molecular complexity index is 622. The van der Waals surface area contributed by atoms with Gasteiger partial charge in [0, 0.05) is 6.07 Å². The first-order chi connectivity index (χ1) is 9.36. The van der Waals surface area contributed by atoms with E-state index in [9.17, 15) is 25.0 Å². The van der Waals surface area contributed by atoms with Crippen molar-refractivity contribution in [2.75, 3.05) is 5.32 Å². The molecule has 0 bridgehead atoms. The van der Waals surface area contributed by atoms with Crippen LogP contribution in [-0.4, -0.2) is 32.7 Å². The van der Waals surface area contributed by atoms with Gasteiger partial charge in [0.15, 0.2) is 0 Å². The average molecular weight is 279 g/mol. The van der Waals surface area contributed by atoms with Crippen LogP contribution in [0.5, 0.6) is 0 Å². The molecule has 0 unspecified atom stereocenters. The van der Waals surface area contributed by atoms with E-state index < -0.39 is 33.0 Å². The predicted octanol–water partition coefficient (Wildman–Crippen LogP) is 1.17. The number of hydrogen-bond acceptors (Lipinski definition) is 6. The molecule has 10 heteroatoms. The molecular weight excluding hydrogens is 270 g/mol. The molecule has 1 N–H and O–H groups in total. The van der Waals surface area contributed by atoms with E-state index in [-0.39, 0.29) is 5.69 Å². The van der Waals surface area contributed by atoms with Gasteiger partial charge < -0.3 is 10.8 Å². The lowest BCUT2D eigenvalue weighted by atomic mass is 10.2. The van der Waals surface area contributed by atoms with Crippen molar-refractivity contribution in [3.8, 4) is 0 Å². The molecule has 0 aromatic heterocycles. The molecule has 0 saturated carbocycles. The molecule has 0 aliphatic carbocycles. The molecule has 0 amide bonds. The number of nitrogens with zero attached hydrogens (tertiary/aromatic N) is 4. The molecule has 0 heterocycles. The quantitative estimate of drug-likeness (QED) is 0.271. The molecule has 104 valence electrons. The third-order valence-electron chi connectivity index (χ3n) is 2.37. The molecule has 0 aliphatic rings. The van der Waals surface area contributed by atoms with E-state index in [0.29, 0.717) is 6.21 Å². The molecule has 1 atom stereocenters. The molecule has 0 spiro atoms. The van der Waals surface area contributed by atoms with Crippen LogP contribution in [0.2, 0.25) is 0 Å². The summed E-state index contributed by atoms with van der Waals surface area (Å²) in [5.41, 5.74) is 7.22. The Morgan fingerprint density at radius 3 is 2.55 bits per heavy atom. The number of anilines is 1. The van der Waals surface area contributed by atoms with Crippen molar-refractivity contribution in [3.63, 3.8) is 0 Å². The van der Waals surface area contributed by atoms with Gasteiger partial charge in [-0.3, -0.25) is 25.0 Å². The van der Waals surface area contributed by atoms with Gasteiger partial charge in [-0.25, -0.2) is 0 Å². The van der Waals surface area contributed by atoms with Crippen LogP contribution in [0, 0.1) is 20.2 Å². The summed E-state index contributed by atoms with van der Waals surface area (Å²) in [6, 6.07) is 2.11. The third-order valence-corrected chi connectivity index (χ3v) is 2.37. The Morgan fingerprint density at radius 1 is 1.40 bits per heavy atom. The molecule has 20 heavy (non-hydrogen) atoms. The van der Waals surface area contributed by atoms with E-state index >= 15 is 0 Å². The van der Waals surface area contributed by atoms with E-state index in [0.717, 1.165) is 18.2 Å². The number of non-ortho nitro benzene ring substituents is 1. The van der Waals surface area contributed by atoms with Crippen molar-refractivity contribution in [1.82, 2.24) is 0 Å². The van der Waals surface area contributed by atoms with Crippen molar-refractivity contribution >= 4 is 29.1 Å². The van der Waals surface area contributed by atoms with Crippen LogP contribution >= 0.6 is 0 Å².